The predicted molar refractivity (Wildman–Crippen MR) is 248 cm³/mol. The van der Waals surface area contributed by atoms with Crippen LogP contribution in [-0.4, -0.2) is 19.9 Å². The standard InChI is InChI=1S/C54H32N4OS/c1-3-13-33(14-4-1)35-23-26-37(27-24-35)54-55-49-47(60-54)32-45(50-48(49)44-21-11-12-22-46(44)59-50)42-29-30-43(41-20-10-9-19-40(41)42)53-57-51(36-16-5-2-6-17-36)56-52(58-53)39-28-25-34-15-7-8-18-38(34)31-39/h1-32H. The van der Waals surface area contributed by atoms with Gasteiger partial charge in [-0.05, 0) is 62.5 Å². The molecule has 0 fully saturated rings. The molecule has 0 amide bonds. The van der Waals surface area contributed by atoms with Crippen molar-refractivity contribution >= 4 is 65.0 Å². The maximum absolute atomic E-state index is 6.78. The average Bonchev–Trinajstić information content (AvgIpc) is 3.93. The number of furan rings is 1. The molecule has 0 spiro atoms. The fourth-order valence-corrected chi connectivity index (χ4v) is 9.45. The predicted octanol–water partition coefficient (Wildman–Crippen LogP) is 14.7. The van der Waals surface area contributed by atoms with Crippen LogP contribution >= 0.6 is 11.3 Å². The van der Waals surface area contributed by atoms with Crippen LogP contribution in [0.2, 0.25) is 0 Å². The SMILES string of the molecule is c1ccc(-c2ccc(-c3nc4c(cc(-c5ccc(-c6nc(-c7ccccc7)nc(-c7ccc8ccccc8c7)n6)c6ccccc56)c5oc6ccccc6c54)s3)cc2)cc1. The first-order valence-electron chi connectivity index (χ1n) is 20.0. The van der Waals surface area contributed by atoms with Crippen molar-refractivity contribution in [2.75, 3.05) is 0 Å². The lowest BCUT2D eigenvalue weighted by atomic mass is 9.93. The minimum Gasteiger partial charge on any atom is -0.455 e. The number of aromatic nitrogens is 4. The van der Waals surface area contributed by atoms with Crippen LogP contribution in [0.25, 0.3) is 121 Å². The van der Waals surface area contributed by atoms with Crippen molar-refractivity contribution in [1.82, 2.24) is 19.9 Å². The number of fused-ring (bicyclic) bond motifs is 7. The van der Waals surface area contributed by atoms with Crippen molar-refractivity contribution in [3.05, 3.63) is 194 Å². The molecule has 60 heavy (non-hydrogen) atoms. The number of para-hydroxylation sites is 1. The molecule has 0 N–H and O–H groups in total. The molecule has 3 aromatic heterocycles. The highest BCUT2D eigenvalue weighted by Crippen LogP contribution is 2.46. The van der Waals surface area contributed by atoms with Gasteiger partial charge in [-0.25, -0.2) is 19.9 Å². The smallest absolute Gasteiger partial charge is 0.164 e. The van der Waals surface area contributed by atoms with Crippen LogP contribution < -0.4 is 0 Å². The number of thiazole rings is 1. The highest BCUT2D eigenvalue weighted by atomic mass is 32.1. The molecular weight excluding hydrogens is 753 g/mol. The van der Waals surface area contributed by atoms with E-state index in [0.717, 1.165) is 86.7 Å². The Hall–Kier alpha value is -7.80. The number of hydrogen-bond donors (Lipinski definition) is 0. The second-order valence-corrected chi connectivity index (χ2v) is 16.0. The highest BCUT2D eigenvalue weighted by Gasteiger charge is 2.22. The van der Waals surface area contributed by atoms with Crippen molar-refractivity contribution in [1.29, 1.82) is 0 Å². The fraction of sp³-hybridized carbons (Fsp3) is 0. The maximum Gasteiger partial charge on any atom is 0.164 e. The number of nitrogens with zero attached hydrogens (tertiary/aromatic N) is 4. The normalized spacial score (nSPS) is 11.7. The van der Waals surface area contributed by atoms with Crippen molar-refractivity contribution in [3.8, 4) is 67.0 Å². The topological polar surface area (TPSA) is 64.7 Å². The lowest BCUT2D eigenvalue weighted by Gasteiger charge is -2.13. The molecule has 5 nitrogen and oxygen atoms in total. The molecular formula is C54H32N4OS. The Morgan fingerprint density at radius 1 is 0.367 bits per heavy atom. The Morgan fingerprint density at radius 2 is 0.933 bits per heavy atom. The van der Waals surface area contributed by atoms with Gasteiger partial charge in [0.2, 0.25) is 0 Å². The molecule has 0 bridgehead atoms. The second-order valence-electron chi connectivity index (χ2n) is 15.0. The highest BCUT2D eigenvalue weighted by molar-refractivity contribution is 7.21. The number of benzene rings is 9. The zero-order valence-electron chi connectivity index (χ0n) is 32.1. The number of hydrogen-bond acceptors (Lipinski definition) is 6. The molecule has 0 unspecified atom stereocenters. The van der Waals surface area contributed by atoms with Crippen molar-refractivity contribution in [2.24, 2.45) is 0 Å². The third kappa shape index (κ3) is 5.76. The minimum atomic E-state index is 0.615. The summed E-state index contributed by atoms with van der Waals surface area (Å²) in [4.78, 5) is 20.7. The average molecular weight is 785 g/mol. The van der Waals surface area contributed by atoms with Crippen LogP contribution in [0.1, 0.15) is 0 Å². The van der Waals surface area contributed by atoms with Gasteiger partial charge >= 0.3 is 0 Å². The quantitative estimate of drug-likeness (QED) is 0.168. The summed E-state index contributed by atoms with van der Waals surface area (Å²) in [5, 5.41) is 7.47. The van der Waals surface area contributed by atoms with E-state index in [2.05, 4.69) is 146 Å². The molecule has 0 aliphatic carbocycles. The molecule has 280 valence electrons. The van der Waals surface area contributed by atoms with Gasteiger partial charge in [-0.1, -0.05) is 170 Å². The Morgan fingerprint density at radius 3 is 1.72 bits per heavy atom. The van der Waals surface area contributed by atoms with Crippen LogP contribution in [0.3, 0.4) is 0 Å². The minimum absolute atomic E-state index is 0.615. The molecule has 12 rings (SSSR count). The monoisotopic (exact) mass is 784 g/mol. The van der Waals surface area contributed by atoms with E-state index in [1.165, 1.54) is 16.5 Å². The fourth-order valence-electron chi connectivity index (χ4n) is 8.43. The molecule has 0 saturated heterocycles. The summed E-state index contributed by atoms with van der Waals surface area (Å²) in [6, 6.07) is 67.4. The summed E-state index contributed by atoms with van der Waals surface area (Å²) >= 11 is 1.71. The van der Waals surface area contributed by atoms with Crippen molar-refractivity contribution in [3.63, 3.8) is 0 Å². The summed E-state index contributed by atoms with van der Waals surface area (Å²) in [5.41, 5.74) is 10.9. The van der Waals surface area contributed by atoms with Crippen LogP contribution in [0.5, 0.6) is 0 Å². The molecule has 9 aromatic carbocycles. The lowest BCUT2D eigenvalue weighted by Crippen LogP contribution is -2.00. The van der Waals surface area contributed by atoms with Crippen LogP contribution in [0.15, 0.2) is 199 Å². The van der Waals surface area contributed by atoms with Gasteiger partial charge in [-0.2, -0.15) is 0 Å². The van der Waals surface area contributed by atoms with Crippen LogP contribution in [-0.2, 0) is 0 Å². The zero-order chi connectivity index (χ0) is 39.6. The van der Waals surface area contributed by atoms with E-state index >= 15 is 0 Å². The van der Waals surface area contributed by atoms with Crippen molar-refractivity contribution < 1.29 is 4.42 Å². The van der Waals surface area contributed by atoms with Gasteiger partial charge in [0.25, 0.3) is 0 Å². The molecule has 6 heteroatoms. The van der Waals surface area contributed by atoms with Crippen LogP contribution in [0, 0.1) is 0 Å². The largest absolute Gasteiger partial charge is 0.455 e. The third-order valence-electron chi connectivity index (χ3n) is 11.4. The molecule has 3 heterocycles. The summed E-state index contributed by atoms with van der Waals surface area (Å²) in [6.45, 7) is 0. The second kappa shape index (κ2) is 13.9. The summed E-state index contributed by atoms with van der Waals surface area (Å²) in [5.74, 6) is 1.87. The van der Waals surface area contributed by atoms with E-state index in [1.54, 1.807) is 11.3 Å². The zero-order valence-corrected chi connectivity index (χ0v) is 32.9. The molecule has 0 aliphatic heterocycles. The van der Waals surface area contributed by atoms with E-state index in [-0.39, 0.29) is 0 Å². The summed E-state index contributed by atoms with van der Waals surface area (Å²) in [7, 11) is 0. The van der Waals surface area contributed by atoms with Crippen LogP contribution in [0.4, 0.5) is 0 Å². The van der Waals surface area contributed by atoms with E-state index in [4.69, 9.17) is 24.4 Å². The maximum atomic E-state index is 6.78. The van der Waals surface area contributed by atoms with Gasteiger partial charge < -0.3 is 4.42 Å². The van der Waals surface area contributed by atoms with E-state index in [9.17, 15) is 0 Å². The first-order valence-corrected chi connectivity index (χ1v) is 20.8. The molecule has 0 saturated carbocycles. The van der Waals surface area contributed by atoms with Gasteiger partial charge in [0, 0.05) is 33.2 Å². The number of rotatable bonds is 6. The Bertz CT molecular complexity index is 3600. The van der Waals surface area contributed by atoms with E-state index in [0.29, 0.717) is 17.5 Å². The Labute approximate surface area is 348 Å². The molecule has 0 atom stereocenters. The molecule has 0 radical (unpaired) electrons. The van der Waals surface area contributed by atoms with E-state index in [1.807, 2.05) is 48.5 Å². The summed E-state index contributed by atoms with van der Waals surface area (Å²) < 4.78 is 7.88. The first kappa shape index (κ1) is 34.3. The Kier molecular flexibility index (Phi) is 7.96. The van der Waals surface area contributed by atoms with Gasteiger partial charge in [0.05, 0.1) is 15.6 Å². The van der Waals surface area contributed by atoms with Gasteiger partial charge in [0.1, 0.15) is 16.2 Å². The van der Waals surface area contributed by atoms with Crippen molar-refractivity contribution in [2.45, 2.75) is 0 Å². The molecule has 0 aliphatic rings. The van der Waals surface area contributed by atoms with Gasteiger partial charge in [-0.3, -0.25) is 0 Å². The van der Waals surface area contributed by atoms with E-state index < -0.39 is 0 Å². The first-order chi connectivity index (χ1) is 29.7. The summed E-state index contributed by atoms with van der Waals surface area (Å²) in [6.07, 6.45) is 0. The third-order valence-corrected chi connectivity index (χ3v) is 12.4. The Balaban J connectivity index is 1.04. The molecule has 12 aromatic rings. The van der Waals surface area contributed by atoms with Gasteiger partial charge in [-0.15, -0.1) is 11.3 Å². The lowest BCUT2D eigenvalue weighted by molar-refractivity contribution is 0.670. The van der Waals surface area contributed by atoms with Gasteiger partial charge in [0.15, 0.2) is 17.5 Å².